The second-order valence-corrected chi connectivity index (χ2v) is 7.59. The fraction of sp³-hybridized carbons (Fsp3) is 0.909. The van der Waals surface area contributed by atoms with Crippen molar-refractivity contribution in [3.8, 4) is 0 Å². The first-order valence-electron chi connectivity index (χ1n) is 5.79. The smallest absolute Gasteiger partial charge is 0.303 e. The van der Waals surface area contributed by atoms with E-state index in [0.29, 0.717) is 5.92 Å². The molecule has 1 aliphatic carbocycles. The van der Waals surface area contributed by atoms with Gasteiger partial charge in [0.05, 0.1) is 11.5 Å². The van der Waals surface area contributed by atoms with Crippen molar-refractivity contribution in [3.63, 3.8) is 0 Å². The molecule has 2 rings (SSSR count). The maximum Gasteiger partial charge on any atom is 0.303 e. The van der Waals surface area contributed by atoms with Crippen LogP contribution in [0.15, 0.2) is 0 Å². The topological polar surface area (TPSA) is 71.4 Å². The molecule has 1 N–H and O–H groups in total. The highest BCUT2D eigenvalue weighted by atomic mass is 32.2. The van der Waals surface area contributed by atoms with Crippen LogP contribution in [0.2, 0.25) is 0 Å². The maximum atomic E-state index is 11.7. The molecule has 2 fully saturated rings. The van der Waals surface area contributed by atoms with Gasteiger partial charge in [0.25, 0.3) is 0 Å². The number of carbonyl (C=O) groups is 1. The number of fused-ring (bicyclic) bond motifs is 2. The molecule has 2 atom stereocenters. The third-order valence-corrected chi connectivity index (χ3v) is 5.84. The predicted molar refractivity (Wildman–Crippen MR) is 59.8 cm³/mol. The molecule has 0 aromatic carbocycles. The minimum atomic E-state index is -2.93. The lowest BCUT2D eigenvalue weighted by Crippen LogP contribution is -2.45. The lowest BCUT2D eigenvalue weighted by atomic mass is 9.68. The van der Waals surface area contributed by atoms with E-state index in [1.807, 2.05) is 0 Å². The largest absolute Gasteiger partial charge is 0.481 e. The van der Waals surface area contributed by atoms with E-state index in [-0.39, 0.29) is 35.7 Å². The first kappa shape index (κ1) is 11.9. The Morgan fingerprint density at radius 2 is 1.75 bits per heavy atom. The van der Waals surface area contributed by atoms with E-state index in [1.165, 1.54) is 0 Å². The highest BCUT2D eigenvalue weighted by molar-refractivity contribution is 7.91. The van der Waals surface area contributed by atoms with Crippen LogP contribution in [0.25, 0.3) is 0 Å². The molecule has 16 heavy (non-hydrogen) atoms. The summed E-state index contributed by atoms with van der Waals surface area (Å²) in [5, 5.41) is 8.87. The molecule has 2 unspecified atom stereocenters. The van der Waals surface area contributed by atoms with Gasteiger partial charge in [0.2, 0.25) is 0 Å². The van der Waals surface area contributed by atoms with Crippen LogP contribution in [0.4, 0.5) is 0 Å². The van der Waals surface area contributed by atoms with Gasteiger partial charge in [-0.25, -0.2) is 8.42 Å². The highest BCUT2D eigenvalue weighted by Crippen LogP contribution is 2.44. The van der Waals surface area contributed by atoms with Gasteiger partial charge < -0.3 is 5.11 Å². The summed E-state index contributed by atoms with van der Waals surface area (Å²) in [4.78, 5) is 10.8. The summed E-state index contributed by atoms with van der Waals surface area (Å²) < 4.78 is 23.3. The van der Waals surface area contributed by atoms with Crippen LogP contribution in [0, 0.1) is 23.7 Å². The van der Waals surface area contributed by atoms with E-state index < -0.39 is 15.8 Å². The van der Waals surface area contributed by atoms with E-state index in [4.69, 9.17) is 5.11 Å². The molecule has 1 aliphatic heterocycles. The lowest BCUT2D eigenvalue weighted by molar-refractivity contribution is -0.139. The fourth-order valence-corrected chi connectivity index (χ4v) is 5.71. The molecule has 0 aromatic heterocycles. The molecule has 4 nitrogen and oxygen atoms in total. The normalized spacial score (nSPS) is 41.6. The summed E-state index contributed by atoms with van der Waals surface area (Å²) in [6.07, 6.45) is 1.87. The highest BCUT2D eigenvalue weighted by Gasteiger charge is 2.45. The summed E-state index contributed by atoms with van der Waals surface area (Å²) in [6, 6.07) is 0. The molecular formula is C11H18O4S. The van der Waals surface area contributed by atoms with Gasteiger partial charge >= 0.3 is 5.97 Å². The van der Waals surface area contributed by atoms with Crippen LogP contribution in [0.3, 0.4) is 0 Å². The monoisotopic (exact) mass is 246 g/mol. The van der Waals surface area contributed by atoms with Crippen molar-refractivity contribution in [3.05, 3.63) is 0 Å². The van der Waals surface area contributed by atoms with Crippen molar-refractivity contribution < 1.29 is 18.3 Å². The van der Waals surface area contributed by atoms with Crippen molar-refractivity contribution in [1.29, 1.82) is 0 Å². The van der Waals surface area contributed by atoms with Gasteiger partial charge in [-0.1, -0.05) is 6.92 Å². The molecular weight excluding hydrogens is 228 g/mol. The van der Waals surface area contributed by atoms with Crippen molar-refractivity contribution >= 4 is 15.8 Å². The molecule has 1 heterocycles. The van der Waals surface area contributed by atoms with E-state index >= 15 is 0 Å². The Labute approximate surface area is 96.0 Å². The lowest BCUT2D eigenvalue weighted by Gasteiger charge is -2.44. The average molecular weight is 246 g/mol. The molecule has 2 bridgehead atoms. The summed E-state index contributed by atoms with van der Waals surface area (Å²) in [5.74, 6) is 0.367. The molecule has 0 aromatic rings. The Kier molecular flexibility index (Phi) is 2.99. The van der Waals surface area contributed by atoms with E-state index in [1.54, 1.807) is 0 Å². The molecule has 2 aliphatic rings. The number of carboxylic acid groups (broad SMARTS) is 1. The van der Waals surface area contributed by atoms with Gasteiger partial charge in [0.1, 0.15) is 0 Å². The fourth-order valence-electron chi connectivity index (χ4n) is 3.50. The van der Waals surface area contributed by atoms with Crippen LogP contribution in [-0.4, -0.2) is 31.0 Å². The third-order valence-electron chi connectivity index (χ3n) is 3.97. The minimum absolute atomic E-state index is 0.0728. The maximum absolute atomic E-state index is 11.7. The van der Waals surface area contributed by atoms with Crippen LogP contribution >= 0.6 is 0 Å². The van der Waals surface area contributed by atoms with Gasteiger partial charge in [-0.3, -0.25) is 4.79 Å². The van der Waals surface area contributed by atoms with Gasteiger partial charge in [-0.15, -0.1) is 0 Å². The minimum Gasteiger partial charge on any atom is -0.481 e. The van der Waals surface area contributed by atoms with Gasteiger partial charge in [0, 0.05) is 6.42 Å². The molecule has 1 saturated carbocycles. The summed E-state index contributed by atoms with van der Waals surface area (Å²) in [6.45, 7) is 2.13. The Hall–Kier alpha value is -0.580. The van der Waals surface area contributed by atoms with Crippen molar-refractivity contribution in [2.24, 2.45) is 23.7 Å². The van der Waals surface area contributed by atoms with E-state index in [2.05, 4.69) is 6.92 Å². The molecule has 92 valence electrons. The SMILES string of the molecule is CC1CC2CS(=O)(=O)CC(C1)C2CC(=O)O. The first-order valence-corrected chi connectivity index (χ1v) is 7.62. The summed E-state index contributed by atoms with van der Waals surface area (Å²) in [5.41, 5.74) is 0. The predicted octanol–water partition coefficient (Wildman–Crippen LogP) is 1.17. The molecule has 0 spiro atoms. The molecule has 1 saturated heterocycles. The van der Waals surface area contributed by atoms with Crippen molar-refractivity contribution in [1.82, 2.24) is 0 Å². The zero-order chi connectivity index (χ0) is 11.9. The standard InChI is InChI=1S/C11H18O4S/c1-7-2-8-5-16(14,15)6-9(3-7)10(8)4-11(12)13/h7-10H,2-6H2,1H3,(H,12,13). The number of carboxylic acids is 1. The number of rotatable bonds is 2. The van der Waals surface area contributed by atoms with Gasteiger partial charge in [-0.2, -0.15) is 0 Å². The molecule has 0 radical (unpaired) electrons. The number of hydrogen-bond donors (Lipinski definition) is 1. The van der Waals surface area contributed by atoms with Crippen LogP contribution in [-0.2, 0) is 14.6 Å². The second-order valence-electron chi connectivity index (χ2n) is 5.44. The average Bonchev–Trinajstić information content (AvgIpc) is 2.06. The zero-order valence-corrected chi connectivity index (χ0v) is 10.2. The Bertz CT molecular complexity index is 365. The number of sulfone groups is 1. The van der Waals surface area contributed by atoms with E-state index in [0.717, 1.165) is 12.8 Å². The zero-order valence-electron chi connectivity index (χ0n) is 9.43. The number of aliphatic carboxylic acids is 1. The van der Waals surface area contributed by atoms with Crippen LogP contribution in [0.1, 0.15) is 26.2 Å². The summed E-state index contributed by atoms with van der Waals surface area (Å²) in [7, 11) is -2.93. The van der Waals surface area contributed by atoms with Crippen molar-refractivity contribution in [2.75, 3.05) is 11.5 Å². The first-order chi connectivity index (χ1) is 7.37. The summed E-state index contributed by atoms with van der Waals surface area (Å²) >= 11 is 0. The van der Waals surface area contributed by atoms with Gasteiger partial charge in [-0.05, 0) is 36.5 Å². The Morgan fingerprint density at radius 1 is 1.25 bits per heavy atom. The van der Waals surface area contributed by atoms with Gasteiger partial charge in [0.15, 0.2) is 9.84 Å². The number of hydrogen-bond acceptors (Lipinski definition) is 3. The van der Waals surface area contributed by atoms with Crippen molar-refractivity contribution in [2.45, 2.75) is 26.2 Å². The van der Waals surface area contributed by atoms with Crippen LogP contribution < -0.4 is 0 Å². The quantitative estimate of drug-likeness (QED) is 0.794. The molecule has 5 heteroatoms. The molecule has 0 amide bonds. The van der Waals surface area contributed by atoms with Crippen LogP contribution in [0.5, 0.6) is 0 Å². The Morgan fingerprint density at radius 3 is 2.19 bits per heavy atom. The van der Waals surface area contributed by atoms with E-state index in [9.17, 15) is 13.2 Å². The third kappa shape index (κ3) is 2.39. The second kappa shape index (κ2) is 4.02. The Balaban J connectivity index is 2.20.